The van der Waals surface area contributed by atoms with Crippen LogP contribution in [0.5, 0.6) is 11.6 Å². The summed E-state index contributed by atoms with van der Waals surface area (Å²) in [5.41, 5.74) is 1.17. The van der Waals surface area contributed by atoms with Gasteiger partial charge in [0.2, 0.25) is 11.8 Å². The third-order valence-electron chi connectivity index (χ3n) is 7.13. The average molecular weight is 624 g/mol. The highest BCUT2D eigenvalue weighted by Crippen LogP contribution is 2.35. The molecule has 1 amide bonds. The van der Waals surface area contributed by atoms with Gasteiger partial charge < -0.3 is 34.1 Å². The zero-order chi connectivity index (χ0) is 32.2. The molecule has 1 N–H and O–H groups in total. The average Bonchev–Trinajstić information content (AvgIpc) is 3.01. The molecule has 2 aliphatic heterocycles. The van der Waals surface area contributed by atoms with E-state index in [9.17, 15) is 10.1 Å². The fraction of sp³-hybridized carbons (Fsp3) is 0.452. The van der Waals surface area contributed by atoms with Gasteiger partial charge in [0, 0.05) is 37.8 Å². The van der Waals surface area contributed by atoms with Gasteiger partial charge in [-0.2, -0.15) is 10.2 Å². The number of piperidine rings is 1. The van der Waals surface area contributed by atoms with E-state index in [0.717, 1.165) is 23.7 Å². The monoisotopic (exact) mass is 623 g/mol. The lowest BCUT2D eigenvalue weighted by Gasteiger charge is -2.38. The standard InChI is InChI=1S/C31H35F2N7O5/c1-30(2,3)45-29(41)40-12-10-25(31(32,33)19-40)44-24-7-5-20(17-21(24)18-34)22-9-11-35-28(36-22)38-26-8-6-23(27(37-26)42-4)39-13-15-43-16-14-39/h5-9,11,17,25H,10,12-16,19H2,1-4H3,(H,35,36,37,38). The van der Waals surface area contributed by atoms with Crippen molar-refractivity contribution in [3.8, 4) is 29.0 Å². The van der Waals surface area contributed by atoms with Crippen LogP contribution in [0.15, 0.2) is 42.6 Å². The summed E-state index contributed by atoms with van der Waals surface area (Å²) >= 11 is 0. The Morgan fingerprint density at radius 1 is 1.13 bits per heavy atom. The molecular formula is C31H35F2N7O5. The minimum Gasteiger partial charge on any atom is -0.483 e. The number of hydrogen-bond donors (Lipinski definition) is 1. The van der Waals surface area contributed by atoms with Crippen molar-refractivity contribution in [3.05, 3.63) is 48.2 Å². The van der Waals surface area contributed by atoms with E-state index >= 15 is 8.78 Å². The third kappa shape index (κ3) is 7.66. The Labute approximate surface area is 259 Å². The van der Waals surface area contributed by atoms with Crippen molar-refractivity contribution in [2.24, 2.45) is 0 Å². The van der Waals surface area contributed by atoms with Crippen LogP contribution in [0.1, 0.15) is 32.8 Å². The second-order valence-corrected chi connectivity index (χ2v) is 11.6. The molecule has 3 aromatic rings. The van der Waals surface area contributed by atoms with Crippen molar-refractivity contribution in [1.29, 1.82) is 5.26 Å². The van der Waals surface area contributed by atoms with Gasteiger partial charge in [0.05, 0.1) is 38.1 Å². The minimum atomic E-state index is -3.36. The molecule has 0 aliphatic carbocycles. The number of amides is 1. The Morgan fingerprint density at radius 2 is 1.91 bits per heavy atom. The molecule has 1 unspecified atom stereocenters. The molecule has 14 heteroatoms. The number of carbonyl (C=O) groups excluding carboxylic acids is 1. The largest absolute Gasteiger partial charge is 0.483 e. The van der Waals surface area contributed by atoms with Crippen LogP contribution in [0.2, 0.25) is 0 Å². The fourth-order valence-electron chi connectivity index (χ4n) is 4.97. The molecule has 1 aromatic carbocycles. The van der Waals surface area contributed by atoms with Crippen LogP contribution in [0.3, 0.4) is 0 Å². The summed E-state index contributed by atoms with van der Waals surface area (Å²) in [5, 5.41) is 12.9. The molecule has 2 aromatic heterocycles. The quantitative estimate of drug-likeness (QED) is 0.380. The molecule has 0 spiro atoms. The van der Waals surface area contributed by atoms with E-state index in [2.05, 4.69) is 25.2 Å². The Morgan fingerprint density at radius 3 is 2.60 bits per heavy atom. The number of ether oxygens (including phenoxy) is 4. The first-order valence-corrected chi connectivity index (χ1v) is 14.5. The Hall–Kier alpha value is -4.77. The highest BCUT2D eigenvalue weighted by atomic mass is 19.3. The maximum Gasteiger partial charge on any atom is 0.410 e. The van der Waals surface area contributed by atoms with E-state index in [0.29, 0.717) is 36.2 Å². The van der Waals surface area contributed by atoms with Gasteiger partial charge in [-0.15, -0.1) is 0 Å². The summed E-state index contributed by atoms with van der Waals surface area (Å²) in [5.74, 6) is -2.16. The number of benzene rings is 1. The maximum absolute atomic E-state index is 15.1. The van der Waals surface area contributed by atoms with Gasteiger partial charge in [-0.25, -0.2) is 23.5 Å². The molecule has 238 valence electrons. The molecule has 1 atom stereocenters. The van der Waals surface area contributed by atoms with E-state index in [1.807, 2.05) is 12.1 Å². The van der Waals surface area contributed by atoms with Crippen molar-refractivity contribution >= 4 is 23.5 Å². The van der Waals surface area contributed by atoms with E-state index in [-0.39, 0.29) is 30.2 Å². The number of anilines is 3. The van der Waals surface area contributed by atoms with Crippen LogP contribution in [0, 0.1) is 11.3 Å². The molecule has 5 rings (SSSR count). The lowest BCUT2D eigenvalue weighted by molar-refractivity contribution is -0.137. The zero-order valence-corrected chi connectivity index (χ0v) is 25.5. The van der Waals surface area contributed by atoms with Gasteiger partial charge in [-0.1, -0.05) is 0 Å². The van der Waals surface area contributed by atoms with Crippen molar-refractivity contribution in [2.75, 3.05) is 56.7 Å². The van der Waals surface area contributed by atoms with Crippen LogP contribution < -0.4 is 19.7 Å². The first-order valence-electron chi connectivity index (χ1n) is 14.5. The van der Waals surface area contributed by atoms with Crippen molar-refractivity contribution < 1.29 is 32.5 Å². The Balaban J connectivity index is 1.28. The summed E-state index contributed by atoms with van der Waals surface area (Å²) in [6.45, 7) is 6.93. The van der Waals surface area contributed by atoms with Crippen LogP contribution in [0.25, 0.3) is 11.3 Å². The lowest BCUT2D eigenvalue weighted by Crippen LogP contribution is -2.56. The van der Waals surface area contributed by atoms with E-state index in [1.54, 1.807) is 52.3 Å². The number of pyridine rings is 1. The molecule has 45 heavy (non-hydrogen) atoms. The highest BCUT2D eigenvalue weighted by Gasteiger charge is 2.48. The van der Waals surface area contributed by atoms with Crippen LogP contribution >= 0.6 is 0 Å². The van der Waals surface area contributed by atoms with Crippen molar-refractivity contribution in [2.45, 2.75) is 44.8 Å². The van der Waals surface area contributed by atoms with Gasteiger partial charge in [0.1, 0.15) is 28.9 Å². The molecule has 2 saturated heterocycles. The third-order valence-corrected chi connectivity index (χ3v) is 7.13. The Kier molecular flexibility index (Phi) is 9.19. The molecule has 2 aliphatic rings. The molecular weight excluding hydrogens is 588 g/mol. The smallest absolute Gasteiger partial charge is 0.410 e. The summed E-state index contributed by atoms with van der Waals surface area (Å²) in [7, 11) is 1.56. The van der Waals surface area contributed by atoms with Crippen molar-refractivity contribution in [1.82, 2.24) is 19.9 Å². The zero-order valence-electron chi connectivity index (χ0n) is 25.5. The molecule has 12 nitrogen and oxygen atoms in total. The van der Waals surface area contributed by atoms with Gasteiger partial charge in [0.25, 0.3) is 0 Å². The van der Waals surface area contributed by atoms with Gasteiger partial charge in [-0.3, -0.25) is 0 Å². The SMILES string of the molecule is COc1nc(Nc2nccc(-c3ccc(OC4CCN(C(=O)OC(C)(C)C)CC4(F)F)c(C#N)c3)n2)ccc1N1CCOCC1. The molecule has 0 bridgehead atoms. The van der Waals surface area contributed by atoms with E-state index < -0.39 is 30.3 Å². The summed E-state index contributed by atoms with van der Waals surface area (Å²) in [6.07, 6.45) is -0.907. The number of likely N-dealkylation sites (tertiary alicyclic amines) is 1. The number of methoxy groups -OCH3 is 1. The van der Waals surface area contributed by atoms with Crippen molar-refractivity contribution in [3.63, 3.8) is 0 Å². The topological polar surface area (TPSA) is 135 Å². The maximum atomic E-state index is 15.1. The molecule has 2 fully saturated rings. The fourth-order valence-corrected chi connectivity index (χ4v) is 4.97. The van der Waals surface area contributed by atoms with Crippen LogP contribution in [0.4, 0.5) is 31.0 Å². The number of morpholine rings is 1. The highest BCUT2D eigenvalue weighted by molar-refractivity contribution is 5.69. The number of alkyl halides is 2. The first kappa shape index (κ1) is 31.6. The van der Waals surface area contributed by atoms with Gasteiger partial charge in [-0.05, 0) is 57.2 Å². The van der Waals surface area contributed by atoms with Gasteiger partial charge in [0.15, 0.2) is 6.10 Å². The summed E-state index contributed by atoms with van der Waals surface area (Å²) in [4.78, 5) is 28.8. The van der Waals surface area contributed by atoms with Crippen LogP contribution in [-0.2, 0) is 9.47 Å². The number of hydrogen-bond acceptors (Lipinski definition) is 11. The number of nitrogens with one attached hydrogen (secondary N) is 1. The normalized spacial score (nSPS) is 18.1. The summed E-state index contributed by atoms with van der Waals surface area (Å²) in [6, 6.07) is 12.0. The number of nitriles is 1. The van der Waals surface area contributed by atoms with Gasteiger partial charge >= 0.3 is 12.0 Å². The van der Waals surface area contributed by atoms with E-state index in [4.69, 9.17) is 18.9 Å². The number of rotatable bonds is 7. The number of carbonyl (C=O) groups is 1. The lowest BCUT2D eigenvalue weighted by atomic mass is 10.0. The molecule has 0 radical (unpaired) electrons. The number of aromatic nitrogens is 3. The molecule has 0 saturated carbocycles. The predicted molar refractivity (Wildman–Crippen MR) is 161 cm³/mol. The predicted octanol–water partition coefficient (Wildman–Crippen LogP) is 5.02. The second-order valence-electron chi connectivity index (χ2n) is 11.6. The number of nitrogens with zero attached hydrogens (tertiary/aromatic N) is 6. The molecule has 4 heterocycles. The first-order chi connectivity index (χ1) is 21.5. The Bertz CT molecular complexity index is 1570. The number of halogens is 2. The van der Waals surface area contributed by atoms with E-state index in [1.165, 1.54) is 12.1 Å². The summed E-state index contributed by atoms with van der Waals surface area (Å²) < 4.78 is 52.0. The van der Waals surface area contributed by atoms with Crippen LogP contribution in [-0.4, -0.2) is 90.1 Å². The second kappa shape index (κ2) is 13.1. The minimum absolute atomic E-state index is 0.0145.